The van der Waals surface area contributed by atoms with Crippen LogP contribution in [0.25, 0.3) is 0 Å². The maximum Gasteiger partial charge on any atom is 0.0791 e. The Morgan fingerprint density at radius 2 is 1.53 bits per heavy atom. The smallest absolute Gasteiger partial charge is 0.0791 e. The summed E-state index contributed by atoms with van der Waals surface area (Å²) in [5.41, 5.74) is 0. The van der Waals surface area contributed by atoms with Crippen molar-refractivity contribution in [2.45, 2.75) is 53.9 Å². The van der Waals surface area contributed by atoms with Crippen LogP contribution in [0.3, 0.4) is 0 Å². The number of rotatable bonds is 10. The van der Waals surface area contributed by atoms with Gasteiger partial charge in [0.15, 0.2) is 0 Å². The van der Waals surface area contributed by atoms with Crippen molar-refractivity contribution in [2.75, 3.05) is 26.9 Å². The maximum atomic E-state index is 5.80. The minimum atomic E-state index is 0. The fourth-order valence-corrected chi connectivity index (χ4v) is 1.48. The van der Waals surface area contributed by atoms with E-state index in [1.165, 1.54) is 25.7 Å². The lowest BCUT2D eigenvalue weighted by molar-refractivity contribution is 0.125. The van der Waals surface area contributed by atoms with Gasteiger partial charge in [0, 0.05) is 6.54 Å². The molecule has 0 amide bonds. The number of hydrogen-bond acceptors (Lipinski definition) is 5. The Morgan fingerprint density at radius 3 is 2.06 bits per heavy atom. The van der Waals surface area contributed by atoms with Crippen molar-refractivity contribution in [3.05, 3.63) is 0 Å². The largest absolute Gasteiger partial charge is 0.306 e. The molecule has 0 spiro atoms. The Hall–Kier alpha value is -0.200. The molecule has 0 atom stereocenters. The minimum Gasteiger partial charge on any atom is -0.306 e. The molecule has 0 radical (unpaired) electrons. The first kappa shape index (κ1) is 22.0. The number of hydrazine groups is 2. The number of nitrogens with two attached hydrogens (primary N) is 2. The SMILES string of the molecule is C.C.CCCCCCCN(N)CN(N)CNC. The molecule has 0 aliphatic rings. The first-order valence-electron chi connectivity index (χ1n) is 5.84. The van der Waals surface area contributed by atoms with E-state index in [1.54, 1.807) is 10.0 Å². The maximum absolute atomic E-state index is 5.80. The van der Waals surface area contributed by atoms with E-state index in [4.69, 9.17) is 11.7 Å². The van der Waals surface area contributed by atoms with E-state index in [-0.39, 0.29) is 14.9 Å². The predicted molar refractivity (Wildman–Crippen MR) is 77.9 cm³/mol. The van der Waals surface area contributed by atoms with Crippen molar-refractivity contribution in [1.29, 1.82) is 0 Å². The molecule has 0 heterocycles. The van der Waals surface area contributed by atoms with E-state index in [9.17, 15) is 0 Å². The minimum absolute atomic E-state index is 0. The highest BCUT2D eigenvalue weighted by molar-refractivity contribution is 4.50. The molecular formula is C12H35N5. The third-order valence-electron chi connectivity index (χ3n) is 2.27. The highest BCUT2D eigenvalue weighted by atomic mass is 15.6. The Morgan fingerprint density at radius 1 is 0.941 bits per heavy atom. The van der Waals surface area contributed by atoms with Gasteiger partial charge in [-0.1, -0.05) is 47.5 Å². The van der Waals surface area contributed by atoms with Gasteiger partial charge in [0.2, 0.25) is 0 Å². The van der Waals surface area contributed by atoms with E-state index in [2.05, 4.69) is 12.2 Å². The molecule has 0 aliphatic carbocycles. The van der Waals surface area contributed by atoms with Crippen LogP contribution in [-0.2, 0) is 0 Å². The summed E-state index contributed by atoms with van der Waals surface area (Å²) in [7, 11) is 1.87. The van der Waals surface area contributed by atoms with Crippen LogP contribution in [0, 0.1) is 0 Å². The Kier molecular flexibility index (Phi) is 20.5. The first-order valence-corrected chi connectivity index (χ1v) is 5.84. The van der Waals surface area contributed by atoms with E-state index >= 15 is 0 Å². The lowest BCUT2D eigenvalue weighted by Gasteiger charge is -2.23. The van der Waals surface area contributed by atoms with E-state index in [1.807, 2.05) is 7.05 Å². The Balaban J connectivity index is -0.000000980. The molecule has 108 valence electrons. The first-order chi connectivity index (χ1) is 7.20. The van der Waals surface area contributed by atoms with Crippen LogP contribution in [0.1, 0.15) is 53.9 Å². The number of nitrogens with one attached hydrogen (secondary N) is 1. The predicted octanol–water partition coefficient (Wildman–Crippen LogP) is 1.71. The fourth-order valence-electron chi connectivity index (χ4n) is 1.48. The second-order valence-electron chi connectivity index (χ2n) is 3.97. The molecule has 0 fully saturated rings. The van der Waals surface area contributed by atoms with Crippen LogP contribution < -0.4 is 17.0 Å². The molecule has 0 rings (SSSR count). The summed E-state index contributed by atoms with van der Waals surface area (Å²) in [6.07, 6.45) is 6.34. The van der Waals surface area contributed by atoms with Gasteiger partial charge in [-0.3, -0.25) is 11.7 Å². The van der Waals surface area contributed by atoms with Crippen molar-refractivity contribution in [1.82, 2.24) is 15.3 Å². The van der Waals surface area contributed by atoms with E-state index < -0.39 is 0 Å². The van der Waals surface area contributed by atoms with Crippen LogP contribution in [0.15, 0.2) is 0 Å². The second kappa shape index (κ2) is 15.8. The summed E-state index contributed by atoms with van der Waals surface area (Å²) in [6.45, 7) is 4.40. The molecule has 5 heteroatoms. The van der Waals surface area contributed by atoms with Gasteiger partial charge in [-0.25, -0.2) is 10.0 Å². The molecule has 5 nitrogen and oxygen atoms in total. The number of hydrogen-bond donors (Lipinski definition) is 3. The monoisotopic (exact) mass is 249 g/mol. The summed E-state index contributed by atoms with van der Waals surface area (Å²) in [5.74, 6) is 11.5. The molecular weight excluding hydrogens is 214 g/mol. The zero-order valence-corrected chi connectivity index (χ0v) is 10.2. The van der Waals surface area contributed by atoms with Gasteiger partial charge in [-0.2, -0.15) is 0 Å². The molecule has 0 saturated carbocycles. The molecule has 0 aromatic heterocycles. The zero-order valence-electron chi connectivity index (χ0n) is 10.2. The fraction of sp³-hybridized carbons (Fsp3) is 1.00. The van der Waals surface area contributed by atoms with Gasteiger partial charge in [0.05, 0.1) is 13.3 Å². The highest BCUT2D eigenvalue weighted by Crippen LogP contribution is 2.02. The van der Waals surface area contributed by atoms with Crippen molar-refractivity contribution < 1.29 is 0 Å². The van der Waals surface area contributed by atoms with Crippen molar-refractivity contribution in [3.63, 3.8) is 0 Å². The van der Waals surface area contributed by atoms with E-state index in [0.717, 1.165) is 13.0 Å². The number of unbranched alkanes of at least 4 members (excludes halogenated alkanes) is 4. The lowest BCUT2D eigenvalue weighted by atomic mass is 10.1. The molecule has 0 aromatic rings. The van der Waals surface area contributed by atoms with Crippen molar-refractivity contribution in [2.24, 2.45) is 11.7 Å². The molecule has 0 bridgehead atoms. The van der Waals surface area contributed by atoms with Crippen LogP contribution in [0.2, 0.25) is 0 Å². The standard InChI is InChI=1S/C10H27N5.2CH4/c1-3-4-5-6-7-8-14(11)10-15(12)9-13-2;;/h13H,3-12H2,1-2H3;2*1H4. The van der Waals surface area contributed by atoms with Gasteiger partial charge in [-0.05, 0) is 13.5 Å². The summed E-state index contributed by atoms with van der Waals surface area (Å²) in [6, 6.07) is 0. The van der Waals surface area contributed by atoms with Crippen LogP contribution in [0.5, 0.6) is 0 Å². The van der Waals surface area contributed by atoms with Crippen LogP contribution in [-0.4, -0.2) is 36.9 Å². The van der Waals surface area contributed by atoms with Crippen LogP contribution in [0.4, 0.5) is 0 Å². The normalized spacial score (nSPS) is 10.2. The summed E-state index contributed by atoms with van der Waals surface area (Å²) < 4.78 is 0. The molecule has 17 heavy (non-hydrogen) atoms. The quantitative estimate of drug-likeness (QED) is 0.238. The lowest BCUT2D eigenvalue weighted by Crippen LogP contribution is -2.48. The van der Waals surface area contributed by atoms with Crippen molar-refractivity contribution in [3.8, 4) is 0 Å². The zero-order chi connectivity index (χ0) is 11.5. The van der Waals surface area contributed by atoms with Gasteiger partial charge < -0.3 is 5.32 Å². The molecule has 0 saturated heterocycles. The summed E-state index contributed by atoms with van der Waals surface area (Å²) in [4.78, 5) is 0. The van der Waals surface area contributed by atoms with E-state index in [0.29, 0.717) is 13.3 Å². The van der Waals surface area contributed by atoms with Gasteiger partial charge in [0.25, 0.3) is 0 Å². The van der Waals surface area contributed by atoms with Crippen molar-refractivity contribution >= 4 is 0 Å². The molecule has 0 aliphatic heterocycles. The molecule has 5 N–H and O–H groups in total. The Bertz CT molecular complexity index is 132. The average Bonchev–Trinajstić information content (AvgIpc) is 2.17. The molecule has 0 aromatic carbocycles. The van der Waals surface area contributed by atoms with Gasteiger partial charge in [-0.15, -0.1) is 0 Å². The highest BCUT2D eigenvalue weighted by Gasteiger charge is 2.02. The third-order valence-corrected chi connectivity index (χ3v) is 2.27. The summed E-state index contributed by atoms with van der Waals surface area (Å²) >= 11 is 0. The average molecular weight is 249 g/mol. The van der Waals surface area contributed by atoms with Gasteiger partial charge >= 0.3 is 0 Å². The van der Waals surface area contributed by atoms with Gasteiger partial charge in [0.1, 0.15) is 0 Å². The van der Waals surface area contributed by atoms with Crippen LogP contribution >= 0.6 is 0 Å². The summed E-state index contributed by atoms with van der Waals surface area (Å²) in [5, 5.41) is 6.40. The third kappa shape index (κ3) is 15.8. The topological polar surface area (TPSA) is 70.5 Å². The molecule has 0 unspecified atom stereocenters. The second-order valence-corrected chi connectivity index (χ2v) is 3.97. The Labute approximate surface area is 108 Å². The number of nitrogens with zero attached hydrogens (tertiary/aromatic N) is 2.